The highest BCUT2D eigenvalue weighted by molar-refractivity contribution is 5.93. The van der Waals surface area contributed by atoms with Crippen LogP contribution in [-0.4, -0.2) is 24.8 Å². The van der Waals surface area contributed by atoms with E-state index in [4.69, 9.17) is 0 Å². The summed E-state index contributed by atoms with van der Waals surface area (Å²) in [5.74, 6) is -5.11. The van der Waals surface area contributed by atoms with Gasteiger partial charge < -0.3 is 9.73 Å². The van der Waals surface area contributed by atoms with Crippen molar-refractivity contribution in [1.82, 2.24) is 5.32 Å². The Balaban J connectivity index is 2.48. The fraction of sp³-hybridized carbons (Fsp3) is 0.375. The predicted molar refractivity (Wildman–Crippen MR) is 42.0 cm³/mol. The molecular weight excluding hydrogens is 218 g/mol. The number of furan rings is 1. The van der Waals surface area contributed by atoms with E-state index in [0.717, 1.165) is 6.26 Å². The van der Waals surface area contributed by atoms with Gasteiger partial charge in [0.05, 0.1) is 18.4 Å². The van der Waals surface area contributed by atoms with Gasteiger partial charge in [0.15, 0.2) is 0 Å². The van der Waals surface area contributed by atoms with Gasteiger partial charge in [0, 0.05) is 0 Å². The molecule has 0 saturated carbocycles. The number of rotatable bonds is 4. The monoisotopic (exact) mass is 225 g/mol. The maximum absolute atomic E-state index is 12.4. The lowest BCUT2D eigenvalue weighted by Gasteiger charge is -2.15. The van der Waals surface area contributed by atoms with Crippen molar-refractivity contribution in [3.8, 4) is 0 Å². The van der Waals surface area contributed by atoms with E-state index >= 15 is 0 Å². The third-order valence-corrected chi connectivity index (χ3v) is 1.59. The first-order valence-electron chi connectivity index (χ1n) is 3.90. The number of amides is 1. The number of nitrogens with one attached hydrogen (secondary N) is 1. The lowest BCUT2D eigenvalue weighted by Crippen LogP contribution is -2.41. The summed E-state index contributed by atoms with van der Waals surface area (Å²) in [7, 11) is 0. The summed E-state index contributed by atoms with van der Waals surface area (Å²) in [6.45, 7) is -1.41. The molecule has 3 nitrogen and oxygen atoms in total. The summed E-state index contributed by atoms with van der Waals surface area (Å²) in [6.07, 6.45) is -1.61. The molecule has 1 rings (SSSR count). The van der Waals surface area contributed by atoms with Crippen LogP contribution in [0.2, 0.25) is 0 Å². The van der Waals surface area contributed by atoms with Crippen LogP contribution >= 0.6 is 0 Å². The van der Waals surface area contributed by atoms with Gasteiger partial charge in [-0.3, -0.25) is 4.79 Å². The Morgan fingerprint density at radius 1 is 1.53 bits per heavy atom. The number of hydrogen-bond donors (Lipinski definition) is 1. The molecule has 1 heterocycles. The van der Waals surface area contributed by atoms with Crippen LogP contribution in [0.15, 0.2) is 23.0 Å². The standard InChI is InChI=1S/C8H7F4NO2/c9-7(10)8(11,12)4-13-6(14)5-1-2-15-3-5/h1-3,7H,4H2,(H,13,14). The summed E-state index contributed by atoms with van der Waals surface area (Å²) < 4.78 is 52.6. The second-order valence-electron chi connectivity index (χ2n) is 2.76. The van der Waals surface area contributed by atoms with E-state index in [1.54, 1.807) is 5.32 Å². The summed E-state index contributed by atoms with van der Waals surface area (Å²) in [4.78, 5) is 11.0. The van der Waals surface area contributed by atoms with Gasteiger partial charge >= 0.3 is 12.3 Å². The topological polar surface area (TPSA) is 42.2 Å². The maximum atomic E-state index is 12.4. The van der Waals surface area contributed by atoms with Crippen LogP contribution in [0, 0.1) is 0 Å². The highest BCUT2D eigenvalue weighted by Gasteiger charge is 2.40. The van der Waals surface area contributed by atoms with E-state index in [2.05, 4.69) is 4.42 Å². The smallest absolute Gasteiger partial charge is 0.324 e. The van der Waals surface area contributed by atoms with E-state index in [1.165, 1.54) is 12.3 Å². The molecule has 0 aromatic carbocycles. The molecule has 1 N–H and O–H groups in total. The number of carbonyl (C=O) groups excluding carboxylic acids is 1. The minimum Gasteiger partial charge on any atom is -0.472 e. The quantitative estimate of drug-likeness (QED) is 0.795. The van der Waals surface area contributed by atoms with Crippen molar-refractivity contribution in [3.63, 3.8) is 0 Å². The molecular formula is C8H7F4NO2. The van der Waals surface area contributed by atoms with E-state index in [1.807, 2.05) is 0 Å². The second-order valence-corrected chi connectivity index (χ2v) is 2.76. The summed E-state index contributed by atoms with van der Waals surface area (Å²) in [5.41, 5.74) is 0.0000614. The predicted octanol–water partition coefficient (Wildman–Crippen LogP) is 1.91. The molecule has 0 fully saturated rings. The third kappa shape index (κ3) is 2.97. The van der Waals surface area contributed by atoms with Gasteiger partial charge in [0.2, 0.25) is 0 Å². The van der Waals surface area contributed by atoms with E-state index < -0.39 is 24.8 Å². The van der Waals surface area contributed by atoms with Gasteiger partial charge in [-0.2, -0.15) is 8.78 Å². The third-order valence-electron chi connectivity index (χ3n) is 1.59. The summed E-state index contributed by atoms with van der Waals surface area (Å²) in [6, 6.07) is 1.23. The van der Waals surface area contributed by atoms with Gasteiger partial charge in [-0.25, -0.2) is 8.78 Å². The Bertz CT molecular complexity index is 323. The Hall–Kier alpha value is -1.53. The molecule has 0 aliphatic heterocycles. The number of carbonyl (C=O) groups is 1. The molecule has 1 aromatic heterocycles. The second kappa shape index (κ2) is 4.33. The van der Waals surface area contributed by atoms with Crippen LogP contribution in [0.1, 0.15) is 10.4 Å². The minimum atomic E-state index is -4.22. The molecule has 1 aromatic rings. The van der Waals surface area contributed by atoms with Gasteiger partial charge in [0.25, 0.3) is 5.91 Å². The molecule has 0 atom stereocenters. The zero-order valence-electron chi connectivity index (χ0n) is 7.34. The lowest BCUT2D eigenvalue weighted by atomic mass is 10.3. The number of halogens is 4. The fourth-order valence-electron chi connectivity index (χ4n) is 0.771. The lowest BCUT2D eigenvalue weighted by molar-refractivity contribution is -0.123. The van der Waals surface area contributed by atoms with E-state index in [0.29, 0.717) is 0 Å². The van der Waals surface area contributed by atoms with Crippen molar-refractivity contribution in [1.29, 1.82) is 0 Å². The zero-order valence-corrected chi connectivity index (χ0v) is 7.34. The van der Waals surface area contributed by atoms with Gasteiger partial charge in [0.1, 0.15) is 6.26 Å². The summed E-state index contributed by atoms with van der Waals surface area (Å²) >= 11 is 0. The SMILES string of the molecule is O=C(NCC(F)(F)C(F)F)c1ccoc1. The van der Waals surface area contributed by atoms with Gasteiger partial charge in [-0.1, -0.05) is 0 Å². The van der Waals surface area contributed by atoms with E-state index in [9.17, 15) is 22.4 Å². The van der Waals surface area contributed by atoms with Gasteiger partial charge in [-0.05, 0) is 6.07 Å². The average Bonchev–Trinajstić information content (AvgIpc) is 2.66. The first-order valence-corrected chi connectivity index (χ1v) is 3.90. The molecule has 1 amide bonds. The molecule has 0 aliphatic rings. The zero-order chi connectivity index (χ0) is 11.5. The van der Waals surface area contributed by atoms with Crippen LogP contribution in [0.3, 0.4) is 0 Å². The van der Waals surface area contributed by atoms with E-state index in [-0.39, 0.29) is 5.56 Å². The van der Waals surface area contributed by atoms with Crippen molar-refractivity contribution in [2.75, 3.05) is 6.54 Å². The Morgan fingerprint density at radius 3 is 2.67 bits per heavy atom. The minimum absolute atomic E-state index is 0.0000614. The number of hydrogen-bond acceptors (Lipinski definition) is 2. The molecule has 0 spiro atoms. The number of alkyl halides is 4. The molecule has 0 radical (unpaired) electrons. The Kier molecular flexibility index (Phi) is 3.33. The Labute approximate surface area is 82.1 Å². The summed E-state index contributed by atoms with van der Waals surface area (Å²) in [5, 5.41) is 1.68. The first-order chi connectivity index (χ1) is 6.93. The molecule has 7 heteroatoms. The van der Waals surface area contributed by atoms with Gasteiger partial charge in [-0.15, -0.1) is 0 Å². The van der Waals surface area contributed by atoms with Crippen molar-refractivity contribution >= 4 is 5.91 Å². The van der Waals surface area contributed by atoms with Crippen molar-refractivity contribution in [2.24, 2.45) is 0 Å². The van der Waals surface area contributed by atoms with Crippen LogP contribution in [0.5, 0.6) is 0 Å². The molecule has 0 bridgehead atoms. The van der Waals surface area contributed by atoms with Crippen molar-refractivity contribution in [2.45, 2.75) is 12.3 Å². The molecule has 0 saturated heterocycles. The molecule has 84 valence electrons. The van der Waals surface area contributed by atoms with Crippen molar-refractivity contribution < 1.29 is 26.8 Å². The fourth-order valence-corrected chi connectivity index (χ4v) is 0.771. The molecule has 0 aliphatic carbocycles. The molecule has 0 unspecified atom stereocenters. The van der Waals surface area contributed by atoms with Crippen molar-refractivity contribution in [3.05, 3.63) is 24.2 Å². The molecule has 15 heavy (non-hydrogen) atoms. The first kappa shape index (κ1) is 11.5. The van der Waals surface area contributed by atoms with Crippen LogP contribution in [0.25, 0.3) is 0 Å². The van der Waals surface area contributed by atoms with Crippen LogP contribution in [-0.2, 0) is 0 Å². The normalized spacial score (nSPS) is 11.8. The Morgan fingerprint density at radius 2 is 2.20 bits per heavy atom. The largest absolute Gasteiger partial charge is 0.472 e. The van der Waals surface area contributed by atoms with Crippen LogP contribution in [0.4, 0.5) is 17.6 Å². The maximum Gasteiger partial charge on any atom is 0.324 e. The highest BCUT2D eigenvalue weighted by Crippen LogP contribution is 2.21. The van der Waals surface area contributed by atoms with Crippen LogP contribution < -0.4 is 5.32 Å². The average molecular weight is 225 g/mol. The highest BCUT2D eigenvalue weighted by atomic mass is 19.3.